The third-order valence-electron chi connectivity index (χ3n) is 3.33. The Bertz CT molecular complexity index is 470. The average molecular weight is 277 g/mol. The summed E-state index contributed by atoms with van der Waals surface area (Å²) in [6.07, 6.45) is 1.98. The van der Waals surface area contributed by atoms with Gasteiger partial charge in [-0.25, -0.2) is 4.79 Å². The molecule has 1 fully saturated rings. The predicted molar refractivity (Wildman–Crippen MR) is 73.5 cm³/mol. The van der Waals surface area contributed by atoms with Crippen LogP contribution in [0.2, 0.25) is 0 Å². The molecule has 0 aromatic heterocycles. The molecule has 1 saturated carbocycles. The molecule has 0 heterocycles. The van der Waals surface area contributed by atoms with Crippen molar-refractivity contribution >= 4 is 11.9 Å². The molecule has 0 saturated heterocycles. The number of aliphatic carboxylic acids is 1. The fraction of sp³-hybridized carbons (Fsp3) is 0.467. The molecule has 1 aromatic rings. The zero-order chi connectivity index (χ0) is 14.5. The second-order valence-electron chi connectivity index (χ2n) is 4.96. The highest BCUT2D eigenvalue weighted by atomic mass is 16.5. The van der Waals surface area contributed by atoms with E-state index < -0.39 is 12.0 Å². The largest absolute Gasteiger partial charge is 0.493 e. The maximum Gasteiger partial charge on any atom is 0.326 e. The van der Waals surface area contributed by atoms with Crippen LogP contribution in [0.15, 0.2) is 30.3 Å². The Balaban J connectivity index is 1.84. The lowest BCUT2D eigenvalue weighted by molar-refractivity contribution is -0.150. The minimum Gasteiger partial charge on any atom is -0.493 e. The summed E-state index contributed by atoms with van der Waals surface area (Å²) in [6, 6.07) is 8.57. The molecule has 108 valence electrons. The third kappa shape index (κ3) is 3.73. The molecule has 1 atom stereocenters. The summed E-state index contributed by atoms with van der Waals surface area (Å²) < 4.78 is 5.47. The molecule has 20 heavy (non-hydrogen) atoms. The van der Waals surface area contributed by atoms with Gasteiger partial charge in [-0.3, -0.25) is 4.79 Å². The van der Waals surface area contributed by atoms with Gasteiger partial charge in [0.05, 0.1) is 13.0 Å². The number of carbonyl (C=O) groups excluding carboxylic acids is 1. The van der Waals surface area contributed by atoms with Crippen molar-refractivity contribution in [2.75, 3.05) is 6.61 Å². The lowest BCUT2D eigenvalue weighted by Gasteiger charge is -2.26. The van der Waals surface area contributed by atoms with Gasteiger partial charge in [-0.1, -0.05) is 18.2 Å². The number of benzene rings is 1. The van der Waals surface area contributed by atoms with E-state index in [0.29, 0.717) is 5.75 Å². The molecule has 1 aliphatic carbocycles. The minimum atomic E-state index is -0.964. The van der Waals surface area contributed by atoms with Gasteiger partial charge in [-0.15, -0.1) is 0 Å². The quantitative estimate of drug-likeness (QED) is 0.827. The number of nitrogens with zero attached hydrogens (tertiary/aromatic N) is 1. The monoisotopic (exact) mass is 277 g/mol. The second kappa shape index (κ2) is 6.41. The molecule has 1 amide bonds. The second-order valence-corrected chi connectivity index (χ2v) is 4.96. The van der Waals surface area contributed by atoms with Crippen LogP contribution in [-0.2, 0) is 9.59 Å². The Kier molecular flexibility index (Phi) is 4.61. The third-order valence-corrected chi connectivity index (χ3v) is 3.33. The summed E-state index contributed by atoms with van der Waals surface area (Å²) in [7, 11) is 0. The van der Waals surface area contributed by atoms with Gasteiger partial charge in [-0.05, 0) is 31.9 Å². The first-order chi connectivity index (χ1) is 9.59. The number of carboxylic acid groups (broad SMARTS) is 1. The van der Waals surface area contributed by atoms with E-state index in [2.05, 4.69) is 0 Å². The number of amides is 1. The smallest absolute Gasteiger partial charge is 0.326 e. The van der Waals surface area contributed by atoms with Crippen molar-refractivity contribution in [2.45, 2.75) is 38.3 Å². The Morgan fingerprint density at radius 3 is 2.55 bits per heavy atom. The Hall–Kier alpha value is -2.04. The summed E-state index contributed by atoms with van der Waals surface area (Å²) in [6.45, 7) is 1.81. The lowest BCUT2D eigenvalue weighted by Crippen LogP contribution is -2.45. The highest BCUT2D eigenvalue weighted by molar-refractivity contribution is 5.84. The number of ether oxygens (including phenoxy) is 1. The number of hydrogen-bond acceptors (Lipinski definition) is 3. The fourth-order valence-electron chi connectivity index (χ4n) is 2.11. The van der Waals surface area contributed by atoms with Gasteiger partial charge in [-0.2, -0.15) is 0 Å². The van der Waals surface area contributed by atoms with Crippen LogP contribution in [0, 0.1) is 0 Å². The first-order valence-electron chi connectivity index (χ1n) is 6.81. The molecule has 1 aliphatic rings. The summed E-state index contributed by atoms with van der Waals surface area (Å²) in [5.74, 6) is -0.405. The molecular weight excluding hydrogens is 258 g/mol. The Morgan fingerprint density at radius 1 is 1.35 bits per heavy atom. The predicted octanol–water partition coefficient (Wildman–Crippen LogP) is 1.92. The summed E-state index contributed by atoms with van der Waals surface area (Å²) >= 11 is 0. The van der Waals surface area contributed by atoms with Crippen LogP contribution in [-0.4, -0.2) is 40.6 Å². The fourth-order valence-corrected chi connectivity index (χ4v) is 2.11. The van der Waals surface area contributed by atoms with E-state index in [0.717, 1.165) is 12.8 Å². The van der Waals surface area contributed by atoms with Gasteiger partial charge < -0.3 is 14.7 Å². The Morgan fingerprint density at radius 2 is 2.00 bits per heavy atom. The van der Waals surface area contributed by atoms with Gasteiger partial charge in [0.15, 0.2) is 0 Å². The van der Waals surface area contributed by atoms with Gasteiger partial charge in [0, 0.05) is 6.04 Å². The molecule has 2 rings (SSSR count). The molecule has 1 N–H and O–H groups in total. The van der Waals surface area contributed by atoms with Crippen LogP contribution in [0.25, 0.3) is 0 Å². The molecule has 1 aromatic carbocycles. The standard InChI is InChI=1S/C15H19NO4/c1-11(15(18)19)16(12-7-8-12)14(17)9-10-20-13-5-3-2-4-6-13/h2-6,11-12H,7-10H2,1H3,(H,18,19). The van der Waals surface area contributed by atoms with Crippen molar-refractivity contribution in [1.29, 1.82) is 0 Å². The SMILES string of the molecule is CC(C(=O)O)N(C(=O)CCOc1ccccc1)C1CC1. The first-order valence-corrected chi connectivity index (χ1v) is 6.81. The molecule has 0 spiro atoms. The van der Waals surface area contributed by atoms with Crippen LogP contribution >= 0.6 is 0 Å². The van der Waals surface area contributed by atoms with Gasteiger partial charge in [0.1, 0.15) is 11.8 Å². The van der Waals surface area contributed by atoms with E-state index in [9.17, 15) is 9.59 Å². The number of para-hydroxylation sites is 1. The van der Waals surface area contributed by atoms with Crippen LogP contribution in [0.5, 0.6) is 5.75 Å². The maximum absolute atomic E-state index is 12.1. The van der Waals surface area contributed by atoms with E-state index in [-0.39, 0.29) is 25.0 Å². The van der Waals surface area contributed by atoms with Crippen LogP contribution in [0.1, 0.15) is 26.2 Å². The highest BCUT2D eigenvalue weighted by Gasteiger charge is 2.37. The van der Waals surface area contributed by atoms with Crippen molar-refractivity contribution < 1.29 is 19.4 Å². The van der Waals surface area contributed by atoms with E-state index in [4.69, 9.17) is 9.84 Å². The Labute approximate surface area is 118 Å². The molecule has 5 heteroatoms. The topological polar surface area (TPSA) is 66.8 Å². The molecule has 0 bridgehead atoms. The van der Waals surface area contributed by atoms with E-state index in [1.165, 1.54) is 4.90 Å². The molecule has 0 radical (unpaired) electrons. The summed E-state index contributed by atoms with van der Waals surface area (Å²) in [5, 5.41) is 9.06. The number of carbonyl (C=O) groups is 2. The normalized spacial score (nSPS) is 15.4. The van der Waals surface area contributed by atoms with Gasteiger partial charge >= 0.3 is 5.97 Å². The summed E-state index contributed by atoms with van der Waals surface area (Å²) in [4.78, 5) is 24.7. The summed E-state index contributed by atoms with van der Waals surface area (Å²) in [5.41, 5.74) is 0. The molecule has 5 nitrogen and oxygen atoms in total. The van der Waals surface area contributed by atoms with Crippen molar-refractivity contribution in [3.8, 4) is 5.75 Å². The van der Waals surface area contributed by atoms with Crippen LogP contribution < -0.4 is 4.74 Å². The van der Waals surface area contributed by atoms with Gasteiger partial charge in [0.25, 0.3) is 0 Å². The number of rotatable bonds is 7. The van der Waals surface area contributed by atoms with Crippen molar-refractivity contribution in [3.05, 3.63) is 30.3 Å². The van der Waals surface area contributed by atoms with Gasteiger partial charge in [0.2, 0.25) is 5.91 Å². The lowest BCUT2D eigenvalue weighted by atomic mass is 10.2. The number of hydrogen-bond donors (Lipinski definition) is 1. The molecule has 0 aliphatic heterocycles. The maximum atomic E-state index is 12.1. The molecular formula is C15H19NO4. The van der Waals surface area contributed by atoms with Crippen LogP contribution in [0.4, 0.5) is 0 Å². The van der Waals surface area contributed by atoms with Crippen LogP contribution in [0.3, 0.4) is 0 Å². The van der Waals surface area contributed by atoms with E-state index in [1.807, 2.05) is 30.3 Å². The van der Waals surface area contributed by atoms with Crippen molar-refractivity contribution in [3.63, 3.8) is 0 Å². The van der Waals surface area contributed by atoms with E-state index >= 15 is 0 Å². The number of carboxylic acids is 1. The zero-order valence-electron chi connectivity index (χ0n) is 11.5. The van der Waals surface area contributed by atoms with E-state index in [1.54, 1.807) is 6.92 Å². The average Bonchev–Trinajstić information content (AvgIpc) is 3.24. The zero-order valence-corrected chi connectivity index (χ0v) is 11.5. The minimum absolute atomic E-state index is 0.0883. The first kappa shape index (κ1) is 14.4. The highest BCUT2D eigenvalue weighted by Crippen LogP contribution is 2.29. The molecule has 1 unspecified atom stereocenters. The van der Waals surface area contributed by atoms with Crippen molar-refractivity contribution in [1.82, 2.24) is 4.90 Å². The van der Waals surface area contributed by atoms with Crippen molar-refractivity contribution in [2.24, 2.45) is 0 Å².